The number of carboxylic acids is 1. The van der Waals surface area contributed by atoms with Crippen molar-refractivity contribution in [3.05, 3.63) is 82.9 Å². The van der Waals surface area contributed by atoms with Crippen molar-refractivity contribution in [3.8, 4) is 11.1 Å². The Kier molecular flexibility index (Phi) is 10.9. The van der Waals surface area contributed by atoms with Gasteiger partial charge in [-0.25, -0.2) is 28.1 Å². The molecular formula is C37H42N8O6S2. The number of amides is 2. The number of anilines is 2. The number of unbranched alkanes of at least 4 members (excludes halogenated alkanes) is 2. The zero-order chi connectivity index (χ0) is 37.9. The molecule has 3 N–H and O–H groups in total. The molecule has 5 aromatic rings. The molecule has 5 heterocycles. The molecule has 0 bridgehead atoms. The molecule has 0 atom stereocenters. The molecule has 14 nitrogen and oxygen atoms in total. The molecule has 6 rings (SSSR count). The molecule has 0 unspecified atom stereocenters. The highest BCUT2D eigenvalue weighted by atomic mass is 32.2. The van der Waals surface area contributed by atoms with Gasteiger partial charge in [-0.15, -0.1) is 0 Å². The molecule has 278 valence electrons. The van der Waals surface area contributed by atoms with Crippen LogP contribution in [0.15, 0.2) is 54.9 Å². The lowest BCUT2D eigenvalue weighted by Gasteiger charge is -2.31. The number of nitrogens with zero attached hydrogens (tertiary/aromatic N) is 6. The molecule has 1 aliphatic heterocycles. The summed E-state index contributed by atoms with van der Waals surface area (Å²) < 4.78 is 30.1. The smallest absolute Gasteiger partial charge is 0.303 e. The molecule has 16 heteroatoms. The van der Waals surface area contributed by atoms with Gasteiger partial charge in [-0.3, -0.25) is 24.4 Å². The average Bonchev–Trinajstić information content (AvgIpc) is 3.68. The third kappa shape index (κ3) is 9.06. The summed E-state index contributed by atoms with van der Waals surface area (Å²) in [5.74, 6) is -2.01. The standard InChI is InChI=1S/C37H42N8O6S2/c1-23-27(20-39-45(23)22-37(2,3)4)25-14-15-30(41-32(25)34(49)43-53(50,51)19-7-5-6-13-31(46)47)44-18-16-24-10-8-11-26(28(24)21-44)33(48)42-36-40-29-12-9-17-38-35(29)52-36/h8-12,14-15,17,20H,5-7,13,16,18-19,21-22H2,1-4H3,(H,43,49)(H,46,47)(H,40,42,48). The number of thiazole rings is 1. The Hall–Kier alpha value is -5.22. The van der Waals surface area contributed by atoms with E-state index in [-0.39, 0.29) is 35.6 Å². The van der Waals surface area contributed by atoms with Crippen LogP contribution < -0.4 is 14.9 Å². The number of carbonyl (C=O) groups is 3. The van der Waals surface area contributed by atoms with Gasteiger partial charge in [0.05, 0.1) is 11.9 Å². The van der Waals surface area contributed by atoms with Crippen LogP contribution in [-0.2, 0) is 34.3 Å². The van der Waals surface area contributed by atoms with Gasteiger partial charge < -0.3 is 10.0 Å². The fourth-order valence-corrected chi connectivity index (χ4v) is 8.17. The zero-order valence-corrected chi connectivity index (χ0v) is 31.7. The van der Waals surface area contributed by atoms with Crippen molar-refractivity contribution < 1.29 is 27.9 Å². The number of fused-ring (bicyclic) bond motifs is 2. The Morgan fingerprint density at radius 1 is 0.981 bits per heavy atom. The van der Waals surface area contributed by atoms with Gasteiger partial charge in [-0.2, -0.15) is 5.10 Å². The lowest BCUT2D eigenvalue weighted by Crippen LogP contribution is -2.35. The van der Waals surface area contributed by atoms with E-state index in [2.05, 4.69) is 45.9 Å². The van der Waals surface area contributed by atoms with Crippen molar-refractivity contribution in [2.24, 2.45) is 5.41 Å². The Labute approximate surface area is 311 Å². The minimum atomic E-state index is -4.06. The quantitative estimate of drug-likeness (QED) is 0.123. The van der Waals surface area contributed by atoms with Gasteiger partial charge in [0.15, 0.2) is 5.13 Å². The van der Waals surface area contributed by atoms with E-state index in [1.807, 2.05) is 34.7 Å². The summed E-state index contributed by atoms with van der Waals surface area (Å²) in [6, 6.07) is 12.8. The van der Waals surface area contributed by atoms with Crippen LogP contribution in [0.4, 0.5) is 10.9 Å². The van der Waals surface area contributed by atoms with Crippen LogP contribution >= 0.6 is 11.3 Å². The minimum Gasteiger partial charge on any atom is -0.481 e. The van der Waals surface area contributed by atoms with Gasteiger partial charge in [0.2, 0.25) is 10.0 Å². The fraction of sp³-hybridized carbons (Fsp3) is 0.378. The Bertz CT molecular complexity index is 2260. The van der Waals surface area contributed by atoms with Crippen molar-refractivity contribution in [2.45, 2.75) is 72.9 Å². The Balaban J connectivity index is 1.28. The summed E-state index contributed by atoms with van der Waals surface area (Å²) in [7, 11) is -4.06. The number of pyridine rings is 2. The fourth-order valence-electron chi connectivity index (χ4n) is 6.30. The van der Waals surface area contributed by atoms with E-state index in [1.165, 1.54) is 11.3 Å². The third-order valence-electron chi connectivity index (χ3n) is 8.89. The van der Waals surface area contributed by atoms with Crippen molar-refractivity contribution in [1.29, 1.82) is 0 Å². The minimum absolute atomic E-state index is 0.0528. The number of rotatable bonds is 13. The monoisotopic (exact) mass is 758 g/mol. The Morgan fingerprint density at radius 3 is 2.55 bits per heavy atom. The first-order valence-electron chi connectivity index (χ1n) is 17.4. The SMILES string of the molecule is Cc1c(-c2ccc(N3CCc4cccc(C(=O)Nc5nc6cccnc6s5)c4C3)nc2C(=O)NS(=O)(=O)CCCCCC(=O)O)cnn1CC(C)(C)C. The number of sulfonamides is 1. The van der Waals surface area contributed by atoms with Crippen LogP contribution in [0.2, 0.25) is 0 Å². The number of nitrogens with one attached hydrogen (secondary N) is 2. The number of carbonyl (C=O) groups excluding carboxylic acids is 2. The number of carboxylic acid groups (broad SMARTS) is 1. The van der Waals surface area contributed by atoms with Gasteiger partial charge >= 0.3 is 5.97 Å². The molecular weight excluding hydrogens is 717 g/mol. The maximum atomic E-state index is 13.9. The van der Waals surface area contributed by atoms with Crippen molar-refractivity contribution in [1.82, 2.24) is 29.5 Å². The van der Waals surface area contributed by atoms with Gasteiger partial charge in [0.1, 0.15) is 21.9 Å². The zero-order valence-electron chi connectivity index (χ0n) is 30.0. The maximum Gasteiger partial charge on any atom is 0.303 e. The van der Waals surface area contributed by atoms with E-state index in [9.17, 15) is 22.8 Å². The molecule has 0 saturated carbocycles. The third-order valence-corrected chi connectivity index (χ3v) is 11.1. The lowest BCUT2D eigenvalue weighted by atomic mass is 9.94. The van der Waals surface area contributed by atoms with Crippen LogP contribution in [0.5, 0.6) is 0 Å². The summed E-state index contributed by atoms with van der Waals surface area (Å²) in [5.41, 5.74) is 4.77. The Morgan fingerprint density at radius 2 is 1.79 bits per heavy atom. The van der Waals surface area contributed by atoms with Crippen molar-refractivity contribution in [2.75, 3.05) is 22.5 Å². The molecule has 4 aromatic heterocycles. The van der Waals surface area contributed by atoms with E-state index < -0.39 is 21.9 Å². The molecule has 0 fully saturated rings. The van der Waals surface area contributed by atoms with E-state index in [0.29, 0.717) is 72.1 Å². The molecule has 0 radical (unpaired) electrons. The summed E-state index contributed by atoms with van der Waals surface area (Å²) in [6.07, 6.45) is 4.83. The normalized spacial score (nSPS) is 13.2. The summed E-state index contributed by atoms with van der Waals surface area (Å²) in [5, 5.41) is 16.8. The van der Waals surface area contributed by atoms with E-state index in [1.54, 1.807) is 36.7 Å². The second-order valence-electron chi connectivity index (χ2n) is 14.3. The molecule has 53 heavy (non-hydrogen) atoms. The summed E-state index contributed by atoms with van der Waals surface area (Å²) >= 11 is 1.29. The van der Waals surface area contributed by atoms with Gasteiger partial charge in [-0.05, 0) is 73.1 Å². The summed E-state index contributed by atoms with van der Waals surface area (Å²) in [6.45, 7) is 9.69. The summed E-state index contributed by atoms with van der Waals surface area (Å²) in [4.78, 5) is 54.6. The van der Waals surface area contributed by atoms with Crippen molar-refractivity contribution >= 4 is 60.4 Å². The highest BCUT2D eigenvalue weighted by Crippen LogP contribution is 2.33. The molecule has 1 aliphatic rings. The molecule has 0 spiro atoms. The lowest BCUT2D eigenvalue weighted by molar-refractivity contribution is -0.137. The van der Waals surface area contributed by atoms with Crippen LogP contribution in [0.1, 0.15) is 84.1 Å². The predicted molar refractivity (Wildman–Crippen MR) is 204 cm³/mol. The van der Waals surface area contributed by atoms with E-state index in [4.69, 9.17) is 10.1 Å². The highest BCUT2D eigenvalue weighted by Gasteiger charge is 2.28. The second kappa shape index (κ2) is 15.4. The van der Waals surface area contributed by atoms with Crippen LogP contribution in [0, 0.1) is 12.3 Å². The van der Waals surface area contributed by atoms with Crippen LogP contribution in [0.3, 0.4) is 0 Å². The molecule has 0 saturated heterocycles. The molecule has 1 aromatic carbocycles. The van der Waals surface area contributed by atoms with Crippen molar-refractivity contribution in [3.63, 3.8) is 0 Å². The maximum absolute atomic E-state index is 13.9. The number of hydrogen-bond donors (Lipinski definition) is 3. The molecule has 0 aliphatic carbocycles. The number of aliphatic carboxylic acids is 1. The van der Waals surface area contributed by atoms with Crippen LogP contribution in [0.25, 0.3) is 21.5 Å². The highest BCUT2D eigenvalue weighted by molar-refractivity contribution is 7.90. The van der Waals surface area contributed by atoms with E-state index in [0.717, 1.165) is 21.7 Å². The first-order chi connectivity index (χ1) is 25.2. The van der Waals surface area contributed by atoms with Gasteiger partial charge in [0, 0.05) is 54.6 Å². The van der Waals surface area contributed by atoms with E-state index >= 15 is 0 Å². The predicted octanol–water partition coefficient (Wildman–Crippen LogP) is 5.82. The largest absolute Gasteiger partial charge is 0.481 e. The number of benzene rings is 1. The van der Waals surface area contributed by atoms with Gasteiger partial charge in [-0.1, -0.05) is 50.7 Å². The number of aromatic nitrogens is 5. The topological polar surface area (TPSA) is 189 Å². The van der Waals surface area contributed by atoms with Crippen LogP contribution in [-0.4, -0.2) is 68.3 Å². The average molecular weight is 759 g/mol. The van der Waals surface area contributed by atoms with Gasteiger partial charge in [0.25, 0.3) is 11.8 Å². The first-order valence-corrected chi connectivity index (χ1v) is 19.8. The second-order valence-corrected chi connectivity index (χ2v) is 17.1. The molecule has 2 amide bonds. The first kappa shape index (κ1) is 37.5. The number of hydrogen-bond acceptors (Lipinski definition) is 11.